The summed E-state index contributed by atoms with van der Waals surface area (Å²) in [6.07, 6.45) is 4.43. The highest BCUT2D eigenvalue weighted by Crippen LogP contribution is 2.36. The molecule has 0 bridgehead atoms. The van der Waals surface area contributed by atoms with Gasteiger partial charge in [0.1, 0.15) is 13.2 Å². The molecule has 2 amide bonds. The molecule has 2 aliphatic heterocycles. The number of anilines is 1. The molecule has 1 aliphatic carbocycles. The highest BCUT2D eigenvalue weighted by atomic mass is 16.6. The second-order valence-electron chi connectivity index (χ2n) is 8.28. The summed E-state index contributed by atoms with van der Waals surface area (Å²) in [4.78, 5) is 38.6. The summed E-state index contributed by atoms with van der Waals surface area (Å²) in [6, 6.07) is 5.43. The average Bonchev–Trinajstić information content (AvgIpc) is 3.15. The summed E-state index contributed by atoms with van der Waals surface area (Å²) in [5, 5.41) is 2.97. The van der Waals surface area contributed by atoms with Crippen LogP contribution in [-0.4, -0.2) is 50.2 Å². The predicted octanol–water partition coefficient (Wildman–Crippen LogP) is 2.05. The third-order valence-electron chi connectivity index (χ3n) is 6.10. The number of nitrogens with one attached hydrogen (secondary N) is 1. The van der Waals surface area contributed by atoms with Gasteiger partial charge in [0, 0.05) is 30.8 Å². The van der Waals surface area contributed by atoms with Gasteiger partial charge in [0.05, 0.1) is 5.92 Å². The molecule has 1 saturated heterocycles. The smallest absolute Gasteiger partial charge is 0.311 e. The van der Waals surface area contributed by atoms with Crippen LogP contribution in [0.3, 0.4) is 0 Å². The van der Waals surface area contributed by atoms with Crippen LogP contribution in [0.4, 0.5) is 5.69 Å². The summed E-state index contributed by atoms with van der Waals surface area (Å²) in [5.41, 5.74) is 0.656. The maximum atomic E-state index is 12.5. The Morgan fingerprint density at radius 1 is 1.17 bits per heavy atom. The van der Waals surface area contributed by atoms with Crippen molar-refractivity contribution in [2.45, 2.75) is 45.1 Å². The molecule has 3 atom stereocenters. The van der Waals surface area contributed by atoms with Gasteiger partial charge < -0.3 is 24.4 Å². The predicted molar refractivity (Wildman–Crippen MR) is 108 cm³/mol. The second kappa shape index (κ2) is 8.93. The molecule has 3 aliphatic rings. The Hall–Kier alpha value is -2.77. The second-order valence-corrected chi connectivity index (χ2v) is 8.28. The van der Waals surface area contributed by atoms with Crippen molar-refractivity contribution in [3.05, 3.63) is 18.2 Å². The van der Waals surface area contributed by atoms with Crippen LogP contribution in [-0.2, 0) is 19.1 Å². The molecule has 0 unspecified atom stereocenters. The van der Waals surface area contributed by atoms with Crippen LogP contribution in [0.25, 0.3) is 0 Å². The molecule has 2 fully saturated rings. The molecule has 30 heavy (non-hydrogen) atoms. The van der Waals surface area contributed by atoms with Crippen LogP contribution in [0.1, 0.15) is 39.0 Å². The van der Waals surface area contributed by atoms with Gasteiger partial charge in [-0.15, -0.1) is 0 Å². The highest BCUT2D eigenvalue weighted by Gasteiger charge is 2.37. The van der Waals surface area contributed by atoms with E-state index in [1.807, 2.05) is 0 Å². The summed E-state index contributed by atoms with van der Waals surface area (Å²) < 4.78 is 16.3. The van der Waals surface area contributed by atoms with E-state index in [4.69, 9.17) is 14.2 Å². The van der Waals surface area contributed by atoms with Crippen molar-refractivity contribution in [1.29, 1.82) is 0 Å². The lowest BCUT2D eigenvalue weighted by Gasteiger charge is -2.29. The SMILES string of the molecule is C[C@@H]1CCCC[C@@H]1NC(=O)COC(=O)[C@@H]1CC(=O)N(c2ccc3c(c2)OCCO3)C1. The van der Waals surface area contributed by atoms with Gasteiger partial charge in [-0.25, -0.2) is 0 Å². The molecule has 4 rings (SSSR count). The fourth-order valence-electron chi connectivity index (χ4n) is 4.35. The lowest BCUT2D eigenvalue weighted by molar-refractivity contribution is -0.152. The Morgan fingerprint density at radius 3 is 2.73 bits per heavy atom. The van der Waals surface area contributed by atoms with Crippen molar-refractivity contribution < 1.29 is 28.6 Å². The van der Waals surface area contributed by atoms with Gasteiger partial charge in [0.25, 0.3) is 5.91 Å². The van der Waals surface area contributed by atoms with Gasteiger partial charge in [-0.05, 0) is 30.9 Å². The number of hydrogen-bond donors (Lipinski definition) is 1. The number of carbonyl (C=O) groups is 3. The van der Waals surface area contributed by atoms with Gasteiger partial charge in [0.2, 0.25) is 5.91 Å². The first-order chi connectivity index (χ1) is 14.5. The van der Waals surface area contributed by atoms with Crippen LogP contribution in [0.2, 0.25) is 0 Å². The number of esters is 1. The number of ether oxygens (including phenoxy) is 3. The van der Waals surface area contributed by atoms with Crippen molar-refractivity contribution in [3.8, 4) is 11.5 Å². The zero-order valence-corrected chi connectivity index (χ0v) is 17.2. The number of nitrogens with zero attached hydrogens (tertiary/aromatic N) is 1. The number of amides is 2. The minimum Gasteiger partial charge on any atom is -0.486 e. The molecule has 8 heteroatoms. The number of benzene rings is 1. The zero-order valence-electron chi connectivity index (χ0n) is 17.2. The van der Waals surface area contributed by atoms with E-state index in [1.165, 1.54) is 6.42 Å². The first-order valence-electron chi connectivity index (χ1n) is 10.7. The quantitative estimate of drug-likeness (QED) is 0.739. The van der Waals surface area contributed by atoms with E-state index in [2.05, 4.69) is 12.2 Å². The molecule has 0 spiro atoms. The van der Waals surface area contributed by atoms with Crippen molar-refractivity contribution in [3.63, 3.8) is 0 Å². The standard InChI is InChI=1S/C22H28N2O6/c1-14-4-2-3-5-17(14)23-20(25)13-30-22(27)15-10-21(26)24(12-15)16-6-7-18-19(11-16)29-9-8-28-18/h6-7,11,14-15,17H,2-5,8-10,12-13H2,1H3,(H,23,25)/t14-,15-,17+/m1/s1. The van der Waals surface area contributed by atoms with Gasteiger partial charge in [-0.1, -0.05) is 19.8 Å². The molecule has 162 valence electrons. The van der Waals surface area contributed by atoms with Crippen LogP contribution in [0.5, 0.6) is 11.5 Å². The maximum Gasteiger partial charge on any atom is 0.311 e. The minimum absolute atomic E-state index is 0.0640. The first kappa shape index (κ1) is 20.5. The lowest BCUT2D eigenvalue weighted by Crippen LogP contribution is -2.43. The van der Waals surface area contributed by atoms with E-state index in [9.17, 15) is 14.4 Å². The molecular formula is C22H28N2O6. The molecule has 0 radical (unpaired) electrons. The third kappa shape index (κ3) is 4.52. The third-order valence-corrected chi connectivity index (χ3v) is 6.10. The van der Waals surface area contributed by atoms with Gasteiger partial charge in [-0.2, -0.15) is 0 Å². The van der Waals surface area contributed by atoms with Crippen LogP contribution in [0.15, 0.2) is 18.2 Å². The van der Waals surface area contributed by atoms with Gasteiger partial charge >= 0.3 is 5.97 Å². The molecular weight excluding hydrogens is 388 g/mol. The largest absolute Gasteiger partial charge is 0.486 e. The molecule has 1 saturated carbocycles. The van der Waals surface area contributed by atoms with Crippen molar-refractivity contribution in [1.82, 2.24) is 5.32 Å². The summed E-state index contributed by atoms with van der Waals surface area (Å²) >= 11 is 0. The number of rotatable bonds is 5. The summed E-state index contributed by atoms with van der Waals surface area (Å²) in [7, 11) is 0. The Bertz CT molecular complexity index is 826. The number of hydrogen-bond acceptors (Lipinski definition) is 6. The van der Waals surface area contributed by atoms with E-state index in [1.54, 1.807) is 23.1 Å². The molecule has 0 aromatic heterocycles. The average molecular weight is 416 g/mol. The summed E-state index contributed by atoms with van der Waals surface area (Å²) in [5.74, 6) is 0.120. The molecule has 2 heterocycles. The monoisotopic (exact) mass is 416 g/mol. The van der Waals surface area contributed by atoms with Crippen molar-refractivity contribution in [2.24, 2.45) is 11.8 Å². The Kier molecular flexibility index (Phi) is 6.11. The van der Waals surface area contributed by atoms with E-state index in [0.717, 1.165) is 19.3 Å². The van der Waals surface area contributed by atoms with E-state index >= 15 is 0 Å². The normalized spacial score (nSPS) is 25.7. The van der Waals surface area contributed by atoms with Gasteiger partial charge in [-0.3, -0.25) is 14.4 Å². The number of carbonyl (C=O) groups excluding carboxylic acids is 3. The fourth-order valence-corrected chi connectivity index (χ4v) is 4.35. The van der Waals surface area contributed by atoms with E-state index < -0.39 is 11.9 Å². The van der Waals surface area contributed by atoms with Crippen molar-refractivity contribution in [2.75, 3.05) is 31.3 Å². The first-order valence-corrected chi connectivity index (χ1v) is 10.7. The summed E-state index contributed by atoms with van der Waals surface area (Å²) in [6.45, 7) is 3.00. The lowest BCUT2D eigenvalue weighted by atomic mass is 9.86. The zero-order chi connectivity index (χ0) is 21.1. The fraction of sp³-hybridized carbons (Fsp3) is 0.591. The molecule has 1 N–H and O–H groups in total. The van der Waals surface area contributed by atoms with Crippen LogP contribution < -0.4 is 19.7 Å². The topological polar surface area (TPSA) is 94.2 Å². The van der Waals surface area contributed by atoms with Crippen LogP contribution >= 0.6 is 0 Å². The Labute approximate surface area is 175 Å². The Morgan fingerprint density at radius 2 is 1.93 bits per heavy atom. The molecule has 1 aromatic carbocycles. The number of fused-ring (bicyclic) bond motifs is 1. The minimum atomic E-state index is -0.591. The molecule has 1 aromatic rings. The van der Waals surface area contributed by atoms with Crippen molar-refractivity contribution >= 4 is 23.5 Å². The van der Waals surface area contributed by atoms with Crippen LogP contribution in [0, 0.1) is 11.8 Å². The van der Waals surface area contributed by atoms with E-state index in [-0.39, 0.29) is 37.4 Å². The Balaban J connectivity index is 1.29. The van der Waals surface area contributed by atoms with E-state index in [0.29, 0.717) is 36.3 Å². The maximum absolute atomic E-state index is 12.5. The highest BCUT2D eigenvalue weighted by molar-refractivity contribution is 5.99. The molecule has 8 nitrogen and oxygen atoms in total. The van der Waals surface area contributed by atoms with Gasteiger partial charge in [0.15, 0.2) is 18.1 Å².